The van der Waals surface area contributed by atoms with Gasteiger partial charge in [-0.1, -0.05) is 30.3 Å². The molecule has 0 saturated heterocycles. The van der Waals surface area contributed by atoms with Crippen LogP contribution in [0.25, 0.3) is 4.96 Å². The Hall–Kier alpha value is -2.47. The fourth-order valence-electron chi connectivity index (χ4n) is 3.33. The maximum absolute atomic E-state index is 12.5. The normalized spacial score (nSPS) is 13.5. The van der Waals surface area contributed by atoms with Gasteiger partial charge < -0.3 is 4.74 Å². The number of fused-ring (bicyclic) bond motifs is 3. The van der Waals surface area contributed by atoms with E-state index in [0.717, 1.165) is 30.5 Å². The average molecular weight is 368 g/mol. The molecule has 0 atom stereocenters. The Kier molecular flexibility index (Phi) is 4.84. The second kappa shape index (κ2) is 7.41. The van der Waals surface area contributed by atoms with Crippen molar-refractivity contribution in [1.82, 2.24) is 9.38 Å². The van der Waals surface area contributed by atoms with Gasteiger partial charge in [0.2, 0.25) is 0 Å². The van der Waals surface area contributed by atoms with E-state index in [0.29, 0.717) is 23.5 Å². The molecular formula is C20H20N2O3S. The number of rotatable bonds is 5. The molecule has 0 bridgehead atoms. The molecule has 2 aromatic heterocycles. The third-order valence-electron chi connectivity index (χ3n) is 4.66. The Balaban J connectivity index is 1.42. The third-order valence-corrected chi connectivity index (χ3v) is 5.80. The Morgan fingerprint density at radius 2 is 2.00 bits per heavy atom. The van der Waals surface area contributed by atoms with Gasteiger partial charge in [0.05, 0.1) is 5.69 Å². The average Bonchev–Trinajstić information content (AvgIpc) is 3.04. The highest BCUT2D eigenvalue weighted by Gasteiger charge is 2.18. The minimum atomic E-state index is -0.277. The van der Waals surface area contributed by atoms with E-state index in [1.165, 1.54) is 17.4 Å². The molecule has 0 amide bonds. The topological polar surface area (TPSA) is 60.7 Å². The van der Waals surface area contributed by atoms with Crippen LogP contribution in [0, 0.1) is 0 Å². The molecule has 0 radical (unpaired) electrons. The minimum absolute atomic E-state index is 0.0436. The van der Waals surface area contributed by atoms with Crippen LogP contribution in [0.4, 0.5) is 0 Å². The molecule has 6 heteroatoms. The van der Waals surface area contributed by atoms with Crippen molar-refractivity contribution in [2.45, 2.75) is 45.1 Å². The minimum Gasteiger partial charge on any atom is -0.459 e. The van der Waals surface area contributed by atoms with E-state index in [2.05, 4.69) is 4.98 Å². The van der Waals surface area contributed by atoms with E-state index in [1.54, 1.807) is 15.7 Å². The number of esters is 1. The molecule has 0 spiro atoms. The van der Waals surface area contributed by atoms with Gasteiger partial charge in [-0.2, -0.15) is 0 Å². The highest BCUT2D eigenvalue weighted by atomic mass is 32.1. The third kappa shape index (κ3) is 3.55. The highest BCUT2D eigenvalue weighted by Crippen LogP contribution is 2.28. The Morgan fingerprint density at radius 1 is 1.19 bits per heavy atom. The van der Waals surface area contributed by atoms with Crippen LogP contribution in [-0.4, -0.2) is 15.4 Å². The summed E-state index contributed by atoms with van der Waals surface area (Å²) in [7, 11) is 0. The highest BCUT2D eigenvalue weighted by molar-refractivity contribution is 7.17. The van der Waals surface area contributed by atoms with Gasteiger partial charge in [-0.25, -0.2) is 4.98 Å². The Labute approximate surface area is 155 Å². The van der Waals surface area contributed by atoms with Gasteiger partial charge in [0.25, 0.3) is 5.56 Å². The molecule has 0 saturated carbocycles. The van der Waals surface area contributed by atoms with Crippen molar-refractivity contribution in [3.05, 3.63) is 68.6 Å². The van der Waals surface area contributed by atoms with Crippen LogP contribution < -0.4 is 5.56 Å². The van der Waals surface area contributed by atoms with Gasteiger partial charge >= 0.3 is 5.97 Å². The van der Waals surface area contributed by atoms with Gasteiger partial charge in [0, 0.05) is 23.1 Å². The molecule has 1 aromatic carbocycles. The number of aryl methyl sites for hydroxylation is 3. The number of carbonyl (C=O) groups excluding carboxylic acids is 1. The number of aromatic nitrogens is 2. The fraction of sp³-hybridized carbons (Fsp3) is 0.350. The van der Waals surface area contributed by atoms with Gasteiger partial charge in [-0.05, 0) is 37.7 Å². The zero-order valence-corrected chi connectivity index (χ0v) is 15.3. The zero-order valence-electron chi connectivity index (χ0n) is 14.4. The van der Waals surface area contributed by atoms with Crippen LogP contribution >= 0.6 is 11.3 Å². The van der Waals surface area contributed by atoms with Crippen molar-refractivity contribution < 1.29 is 9.53 Å². The smallest absolute Gasteiger partial charge is 0.306 e. The molecule has 1 aliphatic rings. The van der Waals surface area contributed by atoms with Gasteiger partial charge in [-0.3, -0.25) is 14.0 Å². The monoisotopic (exact) mass is 368 g/mol. The summed E-state index contributed by atoms with van der Waals surface area (Å²) in [5, 5.41) is 0. The van der Waals surface area contributed by atoms with Crippen LogP contribution in [0.3, 0.4) is 0 Å². The number of thiazole rings is 1. The molecule has 3 aromatic rings. The second-order valence-electron chi connectivity index (χ2n) is 6.53. The van der Waals surface area contributed by atoms with E-state index in [1.807, 2.05) is 30.3 Å². The van der Waals surface area contributed by atoms with Crippen molar-refractivity contribution in [2.24, 2.45) is 0 Å². The van der Waals surface area contributed by atoms with Crippen molar-refractivity contribution in [2.75, 3.05) is 0 Å². The van der Waals surface area contributed by atoms with Crippen LogP contribution in [0.5, 0.6) is 0 Å². The summed E-state index contributed by atoms with van der Waals surface area (Å²) in [5.41, 5.74) is 2.65. The number of hydrogen-bond donors (Lipinski definition) is 0. The summed E-state index contributed by atoms with van der Waals surface area (Å²) in [5.74, 6) is -0.277. The van der Waals surface area contributed by atoms with Crippen molar-refractivity contribution in [1.29, 1.82) is 0 Å². The summed E-state index contributed by atoms with van der Waals surface area (Å²) in [6.45, 7) is 0.0436. The van der Waals surface area contributed by atoms with Crippen molar-refractivity contribution >= 4 is 22.3 Å². The van der Waals surface area contributed by atoms with Crippen molar-refractivity contribution in [3.63, 3.8) is 0 Å². The van der Waals surface area contributed by atoms with Crippen molar-refractivity contribution in [3.8, 4) is 0 Å². The maximum Gasteiger partial charge on any atom is 0.306 e. The molecule has 0 aliphatic heterocycles. The molecule has 26 heavy (non-hydrogen) atoms. The van der Waals surface area contributed by atoms with E-state index >= 15 is 0 Å². The molecule has 0 fully saturated rings. The Bertz CT molecular complexity index is 991. The lowest BCUT2D eigenvalue weighted by Crippen LogP contribution is -2.18. The first-order chi connectivity index (χ1) is 12.7. The number of benzene rings is 1. The Morgan fingerprint density at radius 3 is 2.85 bits per heavy atom. The lowest BCUT2D eigenvalue weighted by Gasteiger charge is -2.10. The van der Waals surface area contributed by atoms with E-state index < -0.39 is 0 Å². The van der Waals surface area contributed by atoms with Crippen LogP contribution in [0.1, 0.15) is 41.1 Å². The van der Waals surface area contributed by atoms with E-state index in [-0.39, 0.29) is 18.1 Å². The number of carbonyl (C=O) groups is 1. The number of hydrogen-bond acceptors (Lipinski definition) is 5. The summed E-state index contributed by atoms with van der Waals surface area (Å²) in [6.07, 6.45) is 5.20. The lowest BCUT2D eigenvalue weighted by atomic mass is 10.0. The zero-order chi connectivity index (χ0) is 17.9. The number of ether oxygens (including phenoxy) is 1. The first-order valence-electron chi connectivity index (χ1n) is 8.93. The molecule has 0 unspecified atom stereocenters. The predicted molar refractivity (Wildman–Crippen MR) is 101 cm³/mol. The molecule has 2 heterocycles. The first-order valence-corrected chi connectivity index (χ1v) is 9.75. The molecule has 5 nitrogen and oxygen atoms in total. The van der Waals surface area contributed by atoms with Gasteiger partial charge in [0.15, 0.2) is 4.96 Å². The lowest BCUT2D eigenvalue weighted by molar-refractivity contribution is -0.145. The summed E-state index contributed by atoms with van der Waals surface area (Å²) in [6, 6.07) is 11.3. The molecule has 0 N–H and O–H groups in total. The molecular weight excluding hydrogens is 348 g/mol. The quantitative estimate of drug-likeness (QED) is 0.648. The summed E-state index contributed by atoms with van der Waals surface area (Å²) in [4.78, 5) is 30.9. The summed E-state index contributed by atoms with van der Waals surface area (Å²) < 4.78 is 7.03. The molecule has 1 aliphatic carbocycles. The van der Waals surface area contributed by atoms with Crippen LogP contribution in [-0.2, 0) is 35.4 Å². The standard InChI is InChI=1S/C20H20N2O3S/c23-18-12-15(13-25-19(24)11-10-14-6-2-1-3-7-14)21-20-22(18)16-8-4-5-9-17(16)26-20/h1-3,6-7,12H,4-5,8-11,13H2. The predicted octanol–water partition coefficient (Wildman–Crippen LogP) is 3.31. The molecule has 4 rings (SSSR count). The fourth-order valence-corrected chi connectivity index (χ4v) is 4.57. The van der Waals surface area contributed by atoms with E-state index in [4.69, 9.17) is 4.74 Å². The van der Waals surface area contributed by atoms with Gasteiger partial charge in [-0.15, -0.1) is 11.3 Å². The first kappa shape index (κ1) is 17.0. The van der Waals surface area contributed by atoms with Crippen LogP contribution in [0.15, 0.2) is 41.2 Å². The largest absolute Gasteiger partial charge is 0.459 e. The maximum atomic E-state index is 12.5. The molecule has 134 valence electrons. The van der Waals surface area contributed by atoms with Gasteiger partial charge in [0.1, 0.15) is 6.61 Å². The van der Waals surface area contributed by atoms with Crippen LogP contribution in [0.2, 0.25) is 0 Å². The van der Waals surface area contributed by atoms with E-state index in [9.17, 15) is 9.59 Å². The summed E-state index contributed by atoms with van der Waals surface area (Å²) >= 11 is 1.58. The second-order valence-corrected chi connectivity index (χ2v) is 7.59. The number of nitrogens with zero attached hydrogens (tertiary/aromatic N) is 2. The SMILES string of the molecule is O=C(CCc1ccccc1)OCc1cc(=O)n2c3c(sc2n1)CCCC3.